The minimum absolute atomic E-state index is 0.0668. The third-order valence-corrected chi connectivity index (χ3v) is 11.5. The lowest BCUT2D eigenvalue weighted by Gasteiger charge is -2.43. The highest BCUT2D eigenvalue weighted by atomic mass is 31.2. The molecule has 1 N–H and O–H groups in total. The molecular weight excluding hydrogens is 501 g/mol. The van der Waals surface area contributed by atoms with Crippen LogP contribution in [0, 0.1) is 35.5 Å². The van der Waals surface area contributed by atoms with Crippen LogP contribution in [0.3, 0.4) is 0 Å². The van der Waals surface area contributed by atoms with Gasteiger partial charge in [-0.3, -0.25) is 9.88 Å². The van der Waals surface area contributed by atoms with Crippen LogP contribution in [0.5, 0.6) is 0 Å². The summed E-state index contributed by atoms with van der Waals surface area (Å²) in [5.74, 6) is 2.30. The maximum absolute atomic E-state index is 15.5. The average Bonchev–Trinajstić information content (AvgIpc) is 2.89. The lowest BCUT2D eigenvalue weighted by atomic mass is 9.75. The van der Waals surface area contributed by atoms with Crippen LogP contribution in [-0.2, 0) is 20.2 Å². The van der Waals surface area contributed by atoms with E-state index in [0.29, 0.717) is 42.1 Å². The number of hydrogen-bond donors (Lipinski definition) is 1. The van der Waals surface area contributed by atoms with Gasteiger partial charge >= 0.3 is 7.60 Å². The molecule has 0 amide bonds. The van der Waals surface area contributed by atoms with Crippen LogP contribution in [0.2, 0.25) is 0 Å². The van der Waals surface area contributed by atoms with Gasteiger partial charge in [-0.25, -0.2) is 0 Å². The highest BCUT2D eigenvalue weighted by Crippen LogP contribution is 2.64. The molecule has 2 aromatic carbocycles. The molecule has 0 saturated heterocycles. The van der Waals surface area contributed by atoms with E-state index < -0.39 is 13.4 Å². The van der Waals surface area contributed by atoms with Crippen LogP contribution in [-0.4, -0.2) is 12.2 Å². The Morgan fingerprint density at radius 1 is 0.744 bits per heavy atom. The Morgan fingerprint density at radius 2 is 1.21 bits per heavy atom. The molecule has 5 heteroatoms. The van der Waals surface area contributed by atoms with Crippen molar-refractivity contribution in [2.45, 2.75) is 105 Å². The fraction of sp³-hybridized carbons (Fsp3) is 0.647. The monoisotopic (exact) mass is 553 g/mol. The summed E-state index contributed by atoms with van der Waals surface area (Å²) in [5, 5.41) is 3.67. The van der Waals surface area contributed by atoms with E-state index in [2.05, 4.69) is 83.3 Å². The van der Waals surface area contributed by atoms with Crippen LogP contribution in [0.4, 0.5) is 0 Å². The lowest BCUT2D eigenvalue weighted by Crippen LogP contribution is -2.38. The maximum Gasteiger partial charge on any atom is 0.352 e. The summed E-state index contributed by atoms with van der Waals surface area (Å²) in [5.41, 5.74) is 2.12. The zero-order valence-electron chi connectivity index (χ0n) is 25.1. The normalized spacial score (nSPS) is 30.3. The van der Waals surface area contributed by atoms with E-state index in [4.69, 9.17) is 9.05 Å². The molecule has 0 spiro atoms. The second-order valence-corrected chi connectivity index (χ2v) is 15.2. The summed E-state index contributed by atoms with van der Waals surface area (Å²) in [6.07, 6.45) is 6.38. The van der Waals surface area contributed by atoms with E-state index in [1.54, 1.807) is 0 Å². The summed E-state index contributed by atoms with van der Waals surface area (Å²) in [4.78, 5) is 0. The SMILES string of the molecule is CC(C)[C@H]1CC[C@@H](C)C[C@H]1OP(=O)(O[C@@H]1C[C@@H](C)CC[C@@H]1C(C)C)[C@H](NCc1ccccc1)c1ccccc1. The van der Waals surface area contributed by atoms with E-state index in [-0.39, 0.29) is 12.2 Å². The molecule has 2 fully saturated rings. The minimum atomic E-state index is -3.64. The summed E-state index contributed by atoms with van der Waals surface area (Å²) in [6, 6.07) is 20.5. The summed E-state index contributed by atoms with van der Waals surface area (Å²) < 4.78 is 29.4. The molecule has 2 aliphatic carbocycles. The second kappa shape index (κ2) is 13.9. The third kappa shape index (κ3) is 8.07. The van der Waals surface area contributed by atoms with Crippen LogP contribution >= 0.6 is 7.60 Å². The Labute approximate surface area is 238 Å². The van der Waals surface area contributed by atoms with Crippen molar-refractivity contribution in [3.05, 3.63) is 71.8 Å². The van der Waals surface area contributed by atoms with Crippen LogP contribution in [0.25, 0.3) is 0 Å². The quantitative estimate of drug-likeness (QED) is 0.281. The Bertz CT molecular complexity index is 1000. The smallest absolute Gasteiger partial charge is 0.304 e. The van der Waals surface area contributed by atoms with Gasteiger partial charge in [0.1, 0.15) is 5.78 Å². The molecule has 0 radical (unpaired) electrons. The van der Waals surface area contributed by atoms with Gasteiger partial charge in [0.2, 0.25) is 0 Å². The second-order valence-electron chi connectivity index (χ2n) is 13.2. The van der Waals surface area contributed by atoms with E-state index in [9.17, 15) is 0 Å². The van der Waals surface area contributed by atoms with Crippen molar-refractivity contribution < 1.29 is 13.6 Å². The highest BCUT2D eigenvalue weighted by Gasteiger charge is 2.46. The van der Waals surface area contributed by atoms with Crippen molar-refractivity contribution in [3.8, 4) is 0 Å². The Morgan fingerprint density at radius 3 is 1.67 bits per heavy atom. The Kier molecular flexibility index (Phi) is 10.9. The standard InChI is InChI=1S/C34H52NO3P/c1-24(2)30-19-17-26(5)21-32(30)37-39(36,38-33-22-27(6)18-20-31(33)25(3)4)34(29-15-11-8-12-16-29)35-23-28-13-9-7-10-14-28/h7-16,24-27,30-35H,17-23H2,1-6H3/t26-,27+,30-,31-,32-,33-,34+,39?/m1/s1. The molecule has 4 rings (SSSR count). The zero-order valence-corrected chi connectivity index (χ0v) is 26.0. The number of benzene rings is 2. The number of hydrogen-bond acceptors (Lipinski definition) is 4. The maximum atomic E-state index is 15.5. The molecule has 2 aromatic rings. The topological polar surface area (TPSA) is 47.6 Å². The molecule has 0 aromatic heterocycles. The average molecular weight is 554 g/mol. The van der Waals surface area contributed by atoms with E-state index in [1.165, 1.54) is 12.8 Å². The van der Waals surface area contributed by atoms with Crippen molar-refractivity contribution in [1.29, 1.82) is 0 Å². The fourth-order valence-corrected chi connectivity index (χ4v) is 9.24. The van der Waals surface area contributed by atoms with Gasteiger partial charge in [-0.05, 0) is 72.3 Å². The molecule has 0 aliphatic heterocycles. The highest BCUT2D eigenvalue weighted by molar-refractivity contribution is 7.54. The van der Waals surface area contributed by atoms with E-state index in [1.807, 2.05) is 24.3 Å². The van der Waals surface area contributed by atoms with Crippen molar-refractivity contribution in [3.63, 3.8) is 0 Å². The van der Waals surface area contributed by atoms with Crippen molar-refractivity contribution in [1.82, 2.24) is 5.32 Å². The predicted octanol–water partition coefficient (Wildman–Crippen LogP) is 9.62. The van der Waals surface area contributed by atoms with Crippen LogP contribution in [0.15, 0.2) is 60.7 Å². The van der Waals surface area contributed by atoms with Gasteiger partial charge in [0.05, 0.1) is 12.2 Å². The number of nitrogens with one attached hydrogen (secondary N) is 1. The summed E-state index contributed by atoms with van der Waals surface area (Å²) >= 11 is 0. The first-order valence-electron chi connectivity index (χ1n) is 15.4. The van der Waals surface area contributed by atoms with E-state index in [0.717, 1.165) is 36.8 Å². The molecule has 1 unspecified atom stereocenters. The van der Waals surface area contributed by atoms with Gasteiger partial charge < -0.3 is 9.05 Å². The first kappa shape index (κ1) is 30.5. The van der Waals surface area contributed by atoms with Crippen molar-refractivity contribution in [2.75, 3.05) is 0 Å². The molecular formula is C34H52NO3P. The molecule has 39 heavy (non-hydrogen) atoms. The largest absolute Gasteiger partial charge is 0.352 e. The zero-order chi connectivity index (χ0) is 28.0. The van der Waals surface area contributed by atoms with Gasteiger partial charge in [-0.1, -0.05) is 115 Å². The molecule has 2 aliphatic rings. The Hall–Kier alpha value is -1.45. The Balaban J connectivity index is 1.73. The summed E-state index contributed by atoms with van der Waals surface area (Å²) in [6.45, 7) is 14.3. The van der Waals surface area contributed by atoms with E-state index >= 15 is 4.57 Å². The fourth-order valence-electron chi connectivity index (χ4n) is 6.85. The van der Waals surface area contributed by atoms with Gasteiger partial charge in [0, 0.05) is 6.54 Å². The molecule has 8 atom stereocenters. The lowest BCUT2D eigenvalue weighted by molar-refractivity contribution is -0.00694. The minimum Gasteiger partial charge on any atom is -0.304 e. The van der Waals surface area contributed by atoms with Gasteiger partial charge in [-0.2, -0.15) is 0 Å². The first-order chi connectivity index (χ1) is 18.7. The summed E-state index contributed by atoms with van der Waals surface area (Å²) in [7, 11) is -3.64. The van der Waals surface area contributed by atoms with Crippen LogP contribution in [0.1, 0.15) is 97.0 Å². The van der Waals surface area contributed by atoms with Gasteiger partial charge in [0.15, 0.2) is 0 Å². The van der Waals surface area contributed by atoms with Gasteiger partial charge in [-0.15, -0.1) is 0 Å². The third-order valence-electron chi connectivity index (χ3n) is 9.26. The molecule has 2 saturated carbocycles. The molecule has 0 bridgehead atoms. The molecule has 216 valence electrons. The van der Waals surface area contributed by atoms with Crippen molar-refractivity contribution in [2.24, 2.45) is 35.5 Å². The number of rotatable bonds is 11. The van der Waals surface area contributed by atoms with Crippen molar-refractivity contribution >= 4 is 7.60 Å². The predicted molar refractivity (Wildman–Crippen MR) is 163 cm³/mol. The molecule has 0 heterocycles. The first-order valence-corrected chi connectivity index (χ1v) is 17.1. The van der Waals surface area contributed by atoms with Crippen LogP contribution < -0.4 is 5.32 Å². The molecule has 4 nitrogen and oxygen atoms in total. The van der Waals surface area contributed by atoms with Gasteiger partial charge in [0.25, 0.3) is 0 Å².